The molecule has 0 amide bonds. The zero-order chi connectivity index (χ0) is 11.4. The van der Waals surface area contributed by atoms with Crippen LogP contribution in [0.3, 0.4) is 0 Å². The van der Waals surface area contributed by atoms with Crippen LogP contribution in [0.4, 0.5) is 0 Å². The predicted molar refractivity (Wildman–Crippen MR) is 65.8 cm³/mol. The van der Waals surface area contributed by atoms with Crippen LogP contribution in [0.15, 0.2) is 0 Å². The Labute approximate surface area is 98.9 Å². The molecule has 0 aromatic carbocycles. The van der Waals surface area contributed by atoms with Crippen LogP contribution in [0.25, 0.3) is 0 Å². The highest BCUT2D eigenvalue weighted by molar-refractivity contribution is 4.80. The van der Waals surface area contributed by atoms with Crippen molar-refractivity contribution in [1.82, 2.24) is 15.1 Å². The molecule has 2 saturated heterocycles. The van der Waals surface area contributed by atoms with Crippen LogP contribution < -0.4 is 5.32 Å². The van der Waals surface area contributed by atoms with Crippen molar-refractivity contribution in [2.45, 2.75) is 25.0 Å². The van der Waals surface area contributed by atoms with Gasteiger partial charge in [-0.2, -0.15) is 0 Å². The molecule has 1 atom stereocenters. The summed E-state index contributed by atoms with van der Waals surface area (Å²) in [6.45, 7) is 6.46. The number of nitrogens with zero attached hydrogens (tertiary/aromatic N) is 2. The Morgan fingerprint density at radius 2 is 2.06 bits per heavy atom. The molecule has 0 saturated carbocycles. The number of likely N-dealkylation sites (tertiary alicyclic amines) is 1. The van der Waals surface area contributed by atoms with Gasteiger partial charge in [0.25, 0.3) is 0 Å². The fraction of sp³-hybridized carbons (Fsp3) is 1.00. The molecule has 0 bridgehead atoms. The molecule has 2 fully saturated rings. The lowest BCUT2D eigenvalue weighted by Crippen LogP contribution is -2.49. The lowest BCUT2D eigenvalue weighted by Gasteiger charge is -2.37. The number of hydrogen-bond donors (Lipinski definition) is 1. The van der Waals surface area contributed by atoms with Gasteiger partial charge in [-0.1, -0.05) is 0 Å². The van der Waals surface area contributed by atoms with E-state index in [0.717, 1.165) is 32.3 Å². The van der Waals surface area contributed by atoms with Crippen LogP contribution in [-0.4, -0.2) is 75.4 Å². The van der Waals surface area contributed by atoms with Crippen molar-refractivity contribution >= 4 is 0 Å². The van der Waals surface area contributed by atoms with E-state index in [1.54, 1.807) is 0 Å². The van der Waals surface area contributed by atoms with E-state index >= 15 is 0 Å². The molecule has 94 valence electrons. The number of ether oxygens (including phenoxy) is 1. The molecule has 1 unspecified atom stereocenters. The van der Waals surface area contributed by atoms with Gasteiger partial charge in [-0.25, -0.2) is 0 Å². The van der Waals surface area contributed by atoms with Crippen LogP contribution in [-0.2, 0) is 4.74 Å². The summed E-state index contributed by atoms with van der Waals surface area (Å²) in [7, 11) is 4.38. The second-order valence-electron chi connectivity index (χ2n) is 5.19. The van der Waals surface area contributed by atoms with E-state index in [1.807, 2.05) is 0 Å². The maximum Gasteiger partial charge on any atom is 0.0826 e. The van der Waals surface area contributed by atoms with E-state index in [-0.39, 0.29) is 0 Å². The summed E-state index contributed by atoms with van der Waals surface area (Å²) in [5.41, 5.74) is 0. The van der Waals surface area contributed by atoms with Crippen LogP contribution >= 0.6 is 0 Å². The summed E-state index contributed by atoms with van der Waals surface area (Å²) >= 11 is 0. The van der Waals surface area contributed by atoms with Gasteiger partial charge in [0.2, 0.25) is 0 Å². The van der Waals surface area contributed by atoms with Crippen molar-refractivity contribution in [2.75, 3.05) is 53.4 Å². The zero-order valence-electron chi connectivity index (χ0n) is 10.6. The average molecular weight is 227 g/mol. The molecule has 0 aliphatic carbocycles. The molecular weight excluding hydrogens is 202 g/mol. The third-order valence-corrected chi connectivity index (χ3v) is 3.75. The fourth-order valence-corrected chi connectivity index (χ4v) is 2.64. The highest BCUT2D eigenvalue weighted by Crippen LogP contribution is 2.14. The SMILES string of the molecule is CN(C)C1CCN(CC2CNCCO2)CC1. The van der Waals surface area contributed by atoms with Crippen molar-refractivity contribution in [1.29, 1.82) is 0 Å². The molecule has 4 nitrogen and oxygen atoms in total. The van der Waals surface area contributed by atoms with Gasteiger partial charge in [-0.05, 0) is 40.0 Å². The van der Waals surface area contributed by atoms with Crippen molar-refractivity contribution in [2.24, 2.45) is 0 Å². The van der Waals surface area contributed by atoms with Crippen LogP contribution in [0.1, 0.15) is 12.8 Å². The second-order valence-corrected chi connectivity index (χ2v) is 5.19. The van der Waals surface area contributed by atoms with Crippen molar-refractivity contribution in [3.05, 3.63) is 0 Å². The van der Waals surface area contributed by atoms with Gasteiger partial charge in [-0.15, -0.1) is 0 Å². The van der Waals surface area contributed by atoms with Gasteiger partial charge in [0.1, 0.15) is 0 Å². The fourth-order valence-electron chi connectivity index (χ4n) is 2.64. The van der Waals surface area contributed by atoms with Gasteiger partial charge in [0.05, 0.1) is 12.7 Å². The summed E-state index contributed by atoms with van der Waals surface area (Å²) in [5.74, 6) is 0. The van der Waals surface area contributed by atoms with Crippen LogP contribution in [0, 0.1) is 0 Å². The molecule has 4 heteroatoms. The van der Waals surface area contributed by atoms with Gasteiger partial charge >= 0.3 is 0 Å². The molecule has 0 spiro atoms. The normalized spacial score (nSPS) is 29.8. The summed E-state index contributed by atoms with van der Waals surface area (Å²) in [6.07, 6.45) is 3.00. The highest BCUT2D eigenvalue weighted by atomic mass is 16.5. The molecule has 2 aliphatic heterocycles. The Balaban J connectivity index is 1.68. The Kier molecular flexibility index (Phi) is 4.58. The molecule has 16 heavy (non-hydrogen) atoms. The van der Waals surface area contributed by atoms with Crippen LogP contribution in [0.2, 0.25) is 0 Å². The van der Waals surface area contributed by atoms with Crippen molar-refractivity contribution < 1.29 is 4.74 Å². The van der Waals surface area contributed by atoms with E-state index in [9.17, 15) is 0 Å². The lowest BCUT2D eigenvalue weighted by atomic mass is 10.0. The third kappa shape index (κ3) is 3.42. The van der Waals surface area contributed by atoms with E-state index in [1.165, 1.54) is 25.9 Å². The smallest absolute Gasteiger partial charge is 0.0826 e. The summed E-state index contributed by atoms with van der Waals surface area (Å²) in [6, 6.07) is 0.779. The lowest BCUT2D eigenvalue weighted by molar-refractivity contribution is -0.00200. The summed E-state index contributed by atoms with van der Waals surface area (Å²) < 4.78 is 5.74. The number of rotatable bonds is 3. The van der Waals surface area contributed by atoms with Gasteiger partial charge in [-0.3, -0.25) is 0 Å². The van der Waals surface area contributed by atoms with Gasteiger partial charge in [0, 0.05) is 25.7 Å². The third-order valence-electron chi connectivity index (χ3n) is 3.75. The molecule has 2 rings (SSSR count). The van der Waals surface area contributed by atoms with E-state index in [4.69, 9.17) is 4.74 Å². The maximum atomic E-state index is 5.74. The largest absolute Gasteiger partial charge is 0.374 e. The standard InChI is InChI=1S/C12H25N3O/c1-14(2)11-3-6-15(7-4-11)10-12-9-13-5-8-16-12/h11-13H,3-10H2,1-2H3. The Morgan fingerprint density at radius 1 is 1.31 bits per heavy atom. The topological polar surface area (TPSA) is 27.7 Å². The average Bonchev–Trinajstić information content (AvgIpc) is 2.31. The first-order valence-electron chi connectivity index (χ1n) is 6.47. The molecule has 0 radical (unpaired) electrons. The first-order valence-corrected chi connectivity index (χ1v) is 6.47. The van der Waals surface area contributed by atoms with Crippen LogP contribution in [0.5, 0.6) is 0 Å². The second kappa shape index (κ2) is 5.96. The van der Waals surface area contributed by atoms with E-state index in [2.05, 4.69) is 29.2 Å². The molecule has 0 aromatic heterocycles. The number of piperidine rings is 1. The first-order chi connectivity index (χ1) is 7.75. The first kappa shape index (κ1) is 12.3. The minimum absolute atomic E-state index is 0.407. The minimum Gasteiger partial charge on any atom is -0.374 e. The van der Waals surface area contributed by atoms with E-state index < -0.39 is 0 Å². The monoisotopic (exact) mass is 227 g/mol. The van der Waals surface area contributed by atoms with Gasteiger partial charge < -0.3 is 19.9 Å². The zero-order valence-corrected chi connectivity index (χ0v) is 10.6. The molecule has 1 N–H and O–H groups in total. The quantitative estimate of drug-likeness (QED) is 0.734. The summed E-state index contributed by atoms with van der Waals surface area (Å²) in [5, 5.41) is 3.39. The Bertz CT molecular complexity index is 196. The number of nitrogens with one attached hydrogen (secondary N) is 1. The van der Waals surface area contributed by atoms with Crippen molar-refractivity contribution in [3.63, 3.8) is 0 Å². The molecular formula is C12H25N3O. The Morgan fingerprint density at radius 3 is 2.62 bits per heavy atom. The van der Waals surface area contributed by atoms with Crippen molar-refractivity contribution in [3.8, 4) is 0 Å². The van der Waals surface area contributed by atoms with Gasteiger partial charge in [0.15, 0.2) is 0 Å². The molecule has 0 aromatic rings. The predicted octanol–water partition coefficient (Wildman–Crippen LogP) is 0.000800. The molecule has 2 heterocycles. The minimum atomic E-state index is 0.407. The van der Waals surface area contributed by atoms with E-state index in [0.29, 0.717) is 6.10 Å². The Hall–Kier alpha value is -0.160. The molecule has 2 aliphatic rings. The maximum absolute atomic E-state index is 5.74. The number of morpholine rings is 1. The number of hydrogen-bond acceptors (Lipinski definition) is 4. The highest BCUT2D eigenvalue weighted by Gasteiger charge is 2.23. The summed E-state index contributed by atoms with van der Waals surface area (Å²) in [4.78, 5) is 4.91.